The summed E-state index contributed by atoms with van der Waals surface area (Å²) in [5, 5.41) is 14.3. The van der Waals surface area contributed by atoms with Gasteiger partial charge in [-0.15, -0.1) is 0 Å². The molecule has 1 aromatic carbocycles. The Balaban J connectivity index is 2.35. The largest absolute Gasteiger partial charge is 0.337 e. The van der Waals surface area contributed by atoms with Gasteiger partial charge in [0.15, 0.2) is 0 Å². The summed E-state index contributed by atoms with van der Waals surface area (Å²) in [6.45, 7) is 5.70. The Morgan fingerprint density at radius 3 is 2.90 bits per heavy atom. The Labute approximate surface area is 120 Å². The number of carbonyl (C=O) groups excluding carboxylic acids is 1. The average Bonchev–Trinajstić information content (AvgIpc) is 2.46. The van der Waals surface area contributed by atoms with Crippen molar-refractivity contribution >= 4 is 11.7 Å². The van der Waals surface area contributed by atoms with Crippen molar-refractivity contribution in [1.82, 2.24) is 10.2 Å². The first kappa shape index (κ1) is 16.0. The molecule has 0 unspecified atom stereocenters. The van der Waals surface area contributed by atoms with Crippen molar-refractivity contribution in [2.45, 2.75) is 26.3 Å². The number of likely N-dealkylation sites (N-methyl/N-ethyl adjacent to an activating group) is 1. The van der Waals surface area contributed by atoms with Gasteiger partial charge in [-0.25, -0.2) is 4.79 Å². The summed E-state index contributed by atoms with van der Waals surface area (Å²) in [4.78, 5) is 13.9. The molecule has 1 aromatic rings. The normalized spacial score (nSPS) is 11.8. The minimum absolute atomic E-state index is 0.252. The number of nitriles is 1. The van der Waals surface area contributed by atoms with E-state index >= 15 is 0 Å². The van der Waals surface area contributed by atoms with Crippen LogP contribution in [-0.4, -0.2) is 37.1 Å². The SMILES string of the molecule is CC[C@H](C)N(C)CCNC(=O)Nc1cccc(C#N)c1. The van der Waals surface area contributed by atoms with Gasteiger partial charge in [0.25, 0.3) is 0 Å². The highest BCUT2D eigenvalue weighted by Gasteiger charge is 2.07. The number of amides is 2. The van der Waals surface area contributed by atoms with Crippen molar-refractivity contribution in [3.05, 3.63) is 29.8 Å². The number of carbonyl (C=O) groups is 1. The van der Waals surface area contributed by atoms with E-state index in [1.54, 1.807) is 24.3 Å². The zero-order valence-corrected chi connectivity index (χ0v) is 12.3. The van der Waals surface area contributed by atoms with Crippen LogP contribution in [0.2, 0.25) is 0 Å². The van der Waals surface area contributed by atoms with Gasteiger partial charge in [0.1, 0.15) is 0 Å². The third-order valence-corrected chi connectivity index (χ3v) is 3.34. The van der Waals surface area contributed by atoms with Crippen LogP contribution in [0.3, 0.4) is 0 Å². The molecule has 2 amide bonds. The lowest BCUT2D eigenvalue weighted by atomic mass is 10.2. The van der Waals surface area contributed by atoms with Gasteiger partial charge in [-0.1, -0.05) is 13.0 Å². The number of hydrogen-bond acceptors (Lipinski definition) is 3. The minimum atomic E-state index is -0.252. The smallest absolute Gasteiger partial charge is 0.319 e. The summed E-state index contributed by atoms with van der Waals surface area (Å²) in [6, 6.07) is 9.13. The molecule has 0 aliphatic heterocycles. The Morgan fingerprint density at radius 2 is 2.25 bits per heavy atom. The monoisotopic (exact) mass is 274 g/mol. The van der Waals surface area contributed by atoms with Crippen molar-refractivity contribution < 1.29 is 4.79 Å². The quantitative estimate of drug-likeness (QED) is 0.837. The van der Waals surface area contributed by atoms with E-state index in [0.29, 0.717) is 23.8 Å². The van der Waals surface area contributed by atoms with Crippen LogP contribution in [0.5, 0.6) is 0 Å². The fourth-order valence-electron chi connectivity index (χ4n) is 1.72. The lowest BCUT2D eigenvalue weighted by molar-refractivity contribution is 0.238. The Hall–Kier alpha value is -2.06. The van der Waals surface area contributed by atoms with E-state index in [1.165, 1.54) is 0 Å². The molecule has 0 saturated heterocycles. The lowest BCUT2D eigenvalue weighted by Crippen LogP contribution is -2.38. The van der Waals surface area contributed by atoms with Crippen LogP contribution in [0.1, 0.15) is 25.8 Å². The Morgan fingerprint density at radius 1 is 1.50 bits per heavy atom. The second kappa shape index (κ2) is 8.18. The van der Waals surface area contributed by atoms with E-state index in [2.05, 4.69) is 29.4 Å². The molecule has 108 valence electrons. The molecule has 0 heterocycles. The molecule has 1 atom stereocenters. The molecule has 0 bridgehead atoms. The molecule has 0 radical (unpaired) electrons. The lowest BCUT2D eigenvalue weighted by Gasteiger charge is -2.23. The highest BCUT2D eigenvalue weighted by Crippen LogP contribution is 2.09. The second-order valence-corrected chi connectivity index (χ2v) is 4.81. The average molecular weight is 274 g/mol. The van der Waals surface area contributed by atoms with Gasteiger partial charge >= 0.3 is 6.03 Å². The van der Waals surface area contributed by atoms with Crippen molar-refractivity contribution in [3.63, 3.8) is 0 Å². The van der Waals surface area contributed by atoms with Crippen LogP contribution in [0.25, 0.3) is 0 Å². The van der Waals surface area contributed by atoms with Gasteiger partial charge in [-0.2, -0.15) is 5.26 Å². The fourth-order valence-corrected chi connectivity index (χ4v) is 1.72. The number of rotatable bonds is 6. The number of anilines is 1. The number of hydrogen-bond donors (Lipinski definition) is 2. The summed E-state index contributed by atoms with van der Waals surface area (Å²) >= 11 is 0. The minimum Gasteiger partial charge on any atom is -0.337 e. The maximum atomic E-state index is 11.7. The first-order valence-electron chi connectivity index (χ1n) is 6.82. The molecular formula is C15H22N4O. The van der Waals surface area contributed by atoms with Gasteiger partial charge in [0, 0.05) is 24.8 Å². The summed E-state index contributed by atoms with van der Waals surface area (Å²) in [5.74, 6) is 0. The Kier molecular flexibility index (Phi) is 6.54. The van der Waals surface area contributed by atoms with Crippen LogP contribution >= 0.6 is 0 Å². The number of benzene rings is 1. The predicted octanol–water partition coefficient (Wildman–Crippen LogP) is 2.41. The highest BCUT2D eigenvalue weighted by atomic mass is 16.2. The summed E-state index contributed by atoms with van der Waals surface area (Å²) in [6.07, 6.45) is 1.09. The van der Waals surface area contributed by atoms with E-state index < -0.39 is 0 Å². The molecule has 0 saturated carbocycles. The third-order valence-electron chi connectivity index (χ3n) is 3.34. The maximum Gasteiger partial charge on any atom is 0.319 e. The van der Waals surface area contributed by atoms with Crippen molar-refractivity contribution in [2.24, 2.45) is 0 Å². The van der Waals surface area contributed by atoms with E-state index in [0.717, 1.165) is 13.0 Å². The van der Waals surface area contributed by atoms with E-state index in [4.69, 9.17) is 5.26 Å². The number of urea groups is 1. The van der Waals surface area contributed by atoms with E-state index in [1.807, 2.05) is 13.1 Å². The second-order valence-electron chi connectivity index (χ2n) is 4.81. The first-order valence-corrected chi connectivity index (χ1v) is 6.82. The topological polar surface area (TPSA) is 68.2 Å². The molecule has 20 heavy (non-hydrogen) atoms. The molecule has 5 nitrogen and oxygen atoms in total. The Bertz CT molecular complexity index is 481. The summed E-state index contributed by atoms with van der Waals surface area (Å²) < 4.78 is 0. The summed E-state index contributed by atoms with van der Waals surface area (Å²) in [7, 11) is 2.05. The van der Waals surface area contributed by atoms with Crippen molar-refractivity contribution in [1.29, 1.82) is 5.26 Å². The number of nitrogens with one attached hydrogen (secondary N) is 2. The summed E-state index contributed by atoms with van der Waals surface area (Å²) in [5.41, 5.74) is 1.15. The molecule has 2 N–H and O–H groups in total. The number of nitrogens with zero attached hydrogens (tertiary/aromatic N) is 2. The standard InChI is InChI=1S/C15H22N4O/c1-4-12(2)19(3)9-8-17-15(20)18-14-7-5-6-13(10-14)11-16/h5-7,10,12H,4,8-9H2,1-3H3,(H2,17,18,20)/t12-/m0/s1. The van der Waals surface area contributed by atoms with Gasteiger partial charge in [-0.3, -0.25) is 0 Å². The molecule has 5 heteroatoms. The van der Waals surface area contributed by atoms with Crippen molar-refractivity contribution in [3.8, 4) is 6.07 Å². The molecule has 0 spiro atoms. The fraction of sp³-hybridized carbons (Fsp3) is 0.467. The third kappa shape index (κ3) is 5.29. The van der Waals surface area contributed by atoms with Gasteiger partial charge in [0.05, 0.1) is 11.6 Å². The highest BCUT2D eigenvalue weighted by molar-refractivity contribution is 5.89. The van der Waals surface area contributed by atoms with Gasteiger partial charge in [0.2, 0.25) is 0 Å². The first-order chi connectivity index (χ1) is 9.56. The molecule has 0 aliphatic rings. The maximum absolute atomic E-state index is 11.7. The van der Waals surface area contributed by atoms with Crippen LogP contribution in [0.15, 0.2) is 24.3 Å². The van der Waals surface area contributed by atoms with Crippen LogP contribution < -0.4 is 10.6 Å². The van der Waals surface area contributed by atoms with Crippen LogP contribution in [0.4, 0.5) is 10.5 Å². The molecule has 1 rings (SSSR count). The zero-order valence-electron chi connectivity index (χ0n) is 12.3. The molecule has 0 aromatic heterocycles. The van der Waals surface area contributed by atoms with Gasteiger partial charge in [-0.05, 0) is 38.6 Å². The molecule has 0 aliphatic carbocycles. The van der Waals surface area contributed by atoms with Crippen molar-refractivity contribution in [2.75, 3.05) is 25.5 Å². The van der Waals surface area contributed by atoms with E-state index in [-0.39, 0.29) is 6.03 Å². The predicted molar refractivity (Wildman–Crippen MR) is 80.6 cm³/mol. The molecule has 0 fully saturated rings. The van der Waals surface area contributed by atoms with E-state index in [9.17, 15) is 4.79 Å². The van der Waals surface area contributed by atoms with Crippen LogP contribution in [0, 0.1) is 11.3 Å². The molecular weight excluding hydrogens is 252 g/mol. The van der Waals surface area contributed by atoms with Crippen LogP contribution in [-0.2, 0) is 0 Å². The van der Waals surface area contributed by atoms with Gasteiger partial charge < -0.3 is 15.5 Å². The zero-order chi connectivity index (χ0) is 15.0.